The normalized spacial score (nSPS) is 11.5. The molecule has 0 radical (unpaired) electrons. The number of halogens is 2. The van der Waals surface area contributed by atoms with Gasteiger partial charge in [0.25, 0.3) is 0 Å². The van der Waals surface area contributed by atoms with Crippen LogP contribution in [0.5, 0.6) is 0 Å². The molecule has 3 aromatic carbocycles. The van der Waals surface area contributed by atoms with E-state index < -0.39 is 27.3 Å². The van der Waals surface area contributed by atoms with Crippen molar-refractivity contribution in [2.75, 3.05) is 6.26 Å². The topological polar surface area (TPSA) is 64.1 Å². The molecule has 0 unspecified atom stereocenters. The van der Waals surface area contributed by atoms with Gasteiger partial charge in [0.15, 0.2) is 14.8 Å². The maximum atomic E-state index is 13.6. The van der Waals surface area contributed by atoms with Gasteiger partial charge in [-0.3, -0.25) is 4.79 Å². The van der Waals surface area contributed by atoms with Gasteiger partial charge in [0, 0.05) is 22.9 Å². The number of hydrogen-bond donors (Lipinski definition) is 0. The number of carbonyl (C=O) groups is 1. The Labute approximate surface area is 181 Å². The summed E-state index contributed by atoms with van der Waals surface area (Å²) in [6, 6.07) is 17.2. The molecule has 0 aliphatic carbocycles. The van der Waals surface area contributed by atoms with E-state index >= 15 is 0 Å². The molecule has 1 aromatic heterocycles. The predicted molar refractivity (Wildman–Crippen MR) is 116 cm³/mol. The SMILES string of the molecule is CS(=O)(=O)c1ccccc1-c1sc(C(=O)c2cccc(F)c2)nc1-c1ccc(F)cc1. The van der Waals surface area contributed by atoms with Gasteiger partial charge in [-0.15, -0.1) is 11.3 Å². The van der Waals surface area contributed by atoms with Crippen LogP contribution in [0, 0.1) is 11.6 Å². The minimum absolute atomic E-state index is 0.0724. The molecule has 1 heterocycles. The molecule has 0 aliphatic heterocycles. The Bertz CT molecular complexity index is 1390. The van der Waals surface area contributed by atoms with Crippen LogP contribution >= 0.6 is 11.3 Å². The van der Waals surface area contributed by atoms with Crippen molar-refractivity contribution >= 4 is 27.0 Å². The Morgan fingerprint density at radius 1 is 0.903 bits per heavy atom. The monoisotopic (exact) mass is 455 g/mol. The maximum Gasteiger partial charge on any atom is 0.221 e. The number of nitrogens with zero attached hydrogens (tertiary/aromatic N) is 1. The first-order valence-electron chi connectivity index (χ1n) is 9.10. The van der Waals surface area contributed by atoms with Gasteiger partial charge >= 0.3 is 0 Å². The van der Waals surface area contributed by atoms with Crippen molar-refractivity contribution in [1.29, 1.82) is 0 Å². The fraction of sp³-hybridized carbons (Fsp3) is 0.0435. The molecule has 0 amide bonds. The summed E-state index contributed by atoms with van der Waals surface area (Å²) in [7, 11) is -3.57. The van der Waals surface area contributed by atoms with Crippen LogP contribution in [0.15, 0.2) is 77.7 Å². The number of carbonyl (C=O) groups excluding carboxylic acids is 1. The summed E-state index contributed by atoms with van der Waals surface area (Å²) in [5, 5.41) is 0.0724. The highest BCUT2D eigenvalue weighted by atomic mass is 32.2. The molecule has 0 N–H and O–H groups in total. The van der Waals surface area contributed by atoms with Crippen LogP contribution in [0.25, 0.3) is 21.7 Å². The summed E-state index contributed by atoms with van der Waals surface area (Å²) in [6.07, 6.45) is 1.10. The van der Waals surface area contributed by atoms with Gasteiger partial charge in [-0.05, 0) is 42.5 Å². The van der Waals surface area contributed by atoms with Crippen molar-refractivity contribution < 1.29 is 22.0 Å². The largest absolute Gasteiger partial charge is 0.286 e. The van der Waals surface area contributed by atoms with E-state index in [1.54, 1.807) is 18.2 Å². The standard InChI is InChI=1S/C23H15F2NO3S2/c1-31(28,29)19-8-3-2-7-18(19)22-20(14-9-11-16(24)12-10-14)26-23(30-22)21(27)15-5-4-6-17(25)13-15/h2-13H,1H3. The average Bonchev–Trinajstić information content (AvgIpc) is 3.18. The molecule has 0 saturated carbocycles. The van der Waals surface area contributed by atoms with E-state index in [4.69, 9.17) is 0 Å². The molecule has 0 atom stereocenters. The van der Waals surface area contributed by atoms with Crippen molar-refractivity contribution in [1.82, 2.24) is 4.98 Å². The molecule has 4 nitrogen and oxygen atoms in total. The summed E-state index contributed by atoms with van der Waals surface area (Å²) in [5.74, 6) is -1.48. The van der Waals surface area contributed by atoms with Crippen LogP contribution < -0.4 is 0 Å². The molecule has 156 valence electrons. The molecular formula is C23H15F2NO3S2. The molecule has 0 fully saturated rings. The molecule has 31 heavy (non-hydrogen) atoms. The van der Waals surface area contributed by atoms with E-state index in [2.05, 4.69) is 4.98 Å². The van der Waals surface area contributed by atoms with Crippen molar-refractivity contribution in [3.05, 3.63) is 95.0 Å². The summed E-state index contributed by atoms with van der Waals surface area (Å²) in [4.78, 5) is 18.0. The van der Waals surface area contributed by atoms with Crippen LogP contribution in [-0.2, 0) is 9.84 Å². The van der Waals surface area contributed by atoms with Gasteiger partial charge in [-0.25, -0.2) is 22.2 Å². The van der Waals surface area contributed by atoms with E-state index in [0.29, 0.717) is 21.7 Å². The van der Waals surface area contributed by atoms with Crippen molar-refractivity contribution in [3.63, 3.8) is 0 Å². The first kappa shape index (κ1) is 21.0. The van der Waals surface area contributed by atoms with Gasteiger partial charge in [-0.2, -0.15) is 0 Å². The zero-order chi connectivity index (χ0) is 22.2. The van der Waals surface area contributed by atoms with Crippen molar-refractivity contribution in [2.45, 2.75) is 4.90 Å². The van der Waals surface area contributed by atoms with E-state index in [1.807, 2.05) is 0 Å². The quantitative estimate of drug-likeness (QED) is 0.379. The smallest absolute Gasteiger partial charge is 0.221 e. The lowest BCUT2D eigenvalue weighted by Crippen LogP contribution is -2.01. The van der Waals surface area contributed by atoms with E-state index in [0.717, 1.165) is 23.7 Å². The molecule has 0 saturated heterocycles. The zero-order valence-electron chi connectivity index (χ0n) is 16.2. The lowest BCUT2D eigenvalue weighted by molar-refractivity contribution is 0.103. The lowest BCUT2D eigenvalue weighted by atomic mass is 10.1. The third-order valence-corrected chi connectivity index (χ3v) is 6.80. The van der Waals surface area contributed by atoms with Gasteiger partial charge in [-0.1, -0.05) is 30.3 Å². The number of thiazole rings is 1. The van der Waals surface area contributed by atoms with Crippen molar-refractivity contribution in [2.24, 2.45) is 0 Å². The Morgan fingerprint density at radius 2 is 1.61 bits per heavy atom. The Morgan fingerprint density at radius 3 is 2.29 bits per heavy atom. The number of rotatable bonds is 5. The fourth-order valence-corrected chi connectivity index (χ4v) is 5.18. The second kappa shape index (κ2) is 8.13. The zero-order valence-corrected chi connectivity index (χ0v) is 17.8. The summed E-state index contributed by atoms with van der Waals surface area (Å²) < 4.78 is 51.8. The van der Waals surface area contributed by atoms with E-state index in [9.17, 15) is 22.0 Å². The summed E-state index contributed by atoms with van der Waals surface area (Å²) >= 11 is 1.01. The molecule has 8 heteroatoms. The molecule has 0 spiro atoms. The van der Waals surface area contributed by atoms with Gasteiger partial charge in [0.2, 0.25) is 5.78 Å². The molecule has 4 aromatic rings. The van der Waals surface area contributed by atoms with Crippen LogP contribution in [0.3, 0.4) is 0 Å². The Kier molecular flexibility index (Phi) is 5.51. The second-order valence-electron chi connectivity index (χ2n) is 6.81. The molecular weight excluding hydrogens is 440 g/mol. The predicted octanol–water partition coefficient (Wildman–Crippen LogP) is 5.39. The van der Waals surface area contributed by atoms with Crippen molar-refractivity contribution in [3.8, 4) is 21.7 Å². The average molecular weight is 456 g/mol. The minimum atomic E-state index is -3.57. The number of sulfone groups is 1. The summed E-state index contributed by atoms with van der Waals surface area (Å²) in [6.45, 7) is 0. The highest BCUT2D eigenvalue weighted by Crippen LogP contribution is 2.40. The van der Waals surface area contributed by atoms with Crippen LogP contribution in [0.2, 0.25) is 0 Å². The fourth-order valence-electron chi connectivity index (χ4n) is 3.13. The van der Waals surface area contributed by atoms with Crippen LogP contribution in [-0.4, -0.2) is 25.4 Å². The number of hydrogen-bond acceptors (Lipinski definition) is 5. The number of aromatic nitrogens is 1. The minimum Gasteiger partial charge on any atom is -0.286 e. The number of ketones is 1. The van der Waals surface area contributed by atoms with Gasteiger partial charge in [0.05, 0.1) is 15.5 Å². The third kappa shape index (κ3) is 4.30. The van der Waals surface area contributed by atoms with E-state index in [1.165, 1.54) is 48.5 Å². The first-order valence-corrected chi connectivity index (χ1v) is 11.8. The third-order valence-electron chi connectivity index (χ3n) is 4.56. The van der Waals surface area contributed by atoms with E-state index in [-0.39, 0.29) is 15.5 Å². The Hall–Kier alpha value is -3.23. The highest BCUT2D eigenvalue weighted by molar-refractivity contribution is 7.90. The Balaban J connectivity index is 1.95. The summed E-state index contributed by atoms with van der Waals surface area (Å²) in [5.41, 5.74) is 1.39. The number of benzene rings is 3. The second-order valence-corrected chi connectivity index (χ2v) is 9.79. The van der Waals surface area contributed by atoms with Gasteiger partial charge in [0.1, 0.15) is 11.6 Å². The first-order chi connectivity index (χ1) is 14.7. The highest BCUT2D eigenvalue weighted by Gasteiger charge is 2.24. The lowest BCUT2D eigenvalue weighted by Gasteiger charge is -2.08. The van der Waals surface area contributed by atoms with Gasteiger partial charge < -0.3 is 0 Å². The molecule has 0 aliphatic rings. The molecule has 4 rings (SSSR count). The maximum absolute atomic E-state index is 13.6. The van der Waals surface area contributed by atoms with Crippen LogP contribution in [0.4, 0.5) is 8.78 Å². The molecule has 0 bridgehead atoms. The van der Waals surface area contributed by atoms with Crippen LogP contribution in [0.1, 0.15) is 15.4 Å².